The van der Waals surface area contributed by atoms with Gasteiger partial charge in [-0.1, -0.05) is 42.5 Å². The highest BCUT2D eigenvalue weighted by Gasteiger charge is 2.17. The van der Waals surface area contributed by atoms with Crippen LogP contribution in [0.25, 0.3) is 0 Å². The second-order valence-electron chi connectivity index (χ2n) is 4.81. The average Bonchev–Trinajstić information content (AvgIpc) is 2.53. The Bertz CT molecular complexity index is 572. The predicted molar refractivity (Wildman–Crippen MR) is 82.5 cm³/mol. The maximum absolute atomic E-state index is 9.35. The summed E-state index contributed by atoms with van der Waals surface area (Å²) in [6.45, 7) is 2.38. The minimum Gasteiger partial charge on any atom is -0.497 e. The molecule has 0 fully saturated rings. The molecule has 5 heteroatoms. The Balaban J connectivity index is 2.05. The van der Waals surface area contributed by atoms with Crippen molar-refractivity contribution in [2.45, 2.75) is 19.6 Å². The van der Waals surface area contributed by atoms with E-state index in [1.165, 1.54) is 7.11 Å². The van der Waals surface area contributed by atoms with Crippen molar-refractivity contribution in [2.24, 2.45) is 0 Å². The van der Waals surface area contributed by atoms with E-state index in [4.69, 9.17) is 9.47 Å². The fraction of sp³-hybridized carbons (Fsp3) is 0.250. The van der Waals surface area contributed by atoms with Crippen molar-refractivity contribution in [3.05, 3.63) is 59.7 Å². The van der Waals surface area contributed by atoms with Crippen LogP contribution in [-0.2, 0) is 11.3 Å². The van der Waals surface area contributed by atoms with Crippen molar-refractivity contribution in [1.82, 2.24) is 0 Å². The van der Waals surface area contributed by atoms with Crippen molar-refractivity contribution < 1.29 is 19.5 Å². The van der Waals surface area contributed by atoms with E-state index in [9.17, 15) is 10.0 Å². The minimum atomic E-state index is -1.56. The van der Waals surface area contributed by atoms with Gasteiger partial charge in [-0.15, -0.1) is 0 Å². The Morgan fingerprint density at radius 2 is 1.81 bits per heavy atom. The summed E-state index contributed by atoms with van der Waals surface area (Å²) in [5, 5.41) is 18.7. The Hall–Kier alpha value is -1.82. The van der Waals surface area contributed by atoms with Gasteiger partial charge in [0, 0.05) is 5.46 Å². The molecule has 4 nitrogen and oxygen atoms in total. The number of ether oxygens (including phenoxy) is 2. The van der Waals surface area contributed by atoms with E-state index in [1.807, 2.05) is 43.3 Å². The third kappa shape index (κ3) is 4.08. The van der Waals surface area contributed by atoms with Crippen molar-refractivity contribution in [1.29, 1.82) is 0 Å². The molecule has 0 spiro atoms. The van der Waals surface area contributed by atoms with Gasteiger partial charge in [0.1, 0.15) is 5.75 Å². The zero-order chi connectivity index (χ0) is 15.2. The number of hydrogen-bond acceptors (Lipinski definition) is 4. The SMILES string of the molecule is COc1ccc(COC(C)c2ccccc2)cc1B(O)O. The molecule has 0 saturated heterocycles. The van der Waals surface area contributed by atoms with Gasteiger partial charge in [-0.25, -0.2) is 0 Å². The van der Waals surface area contributed by atoms with Crippen molar-refractivity contribution in [2.75, 3.05) is 7.11 Å². The lowest BCUT2D eigenvalue weighted by molar-refractivity contribution is 0.0526. The summed E-state index contributed by atoms with van der Waals surface area (Å²) >= 11 is 0. The molecule has 0 aliphatic carbocycles. The Morgan fingerprint density at radius 1 is 1.10 bits per heavy atom. The van der Waals surface area contributed by atoms with Crippen LogP contribution in [0.3, 0.4) is 0 Å². The molecule has 0 amide bonds. The Morgan fingerprint density at radius 3 is 2.43 bits per heavy atom. The van der Waals surface area contributed by atoms with E-state index in [1.54, 1.807) is 12.1 Å². The minimum absolute atomic E-state index is 0.0317. The van der Waals surface area contributed by atoms with Crippen LogP contribution < -0.4 is 10.2 Å². The second kappa shape index (κ2) is 7.27. The maximum atomic E-state index is 9.35. The lowest BCUT2D eigenvalue weighted by atomic mass is 9.79. The first-order valence-corrected chi connectivity index (χ1v) is 6.81. The van der Waals surface area contributed by atoms with Gasteiger partial charge < -0.3 is 19.5 Å². The molecule has 21 heavy (non-hydrogen) atoms. The van der Waals surface area contributed by atoms with Crippen LogP contribution in [0.1, 0.15) is 24.2 Å². The Kier molecular flexibility index (Phi) is 5.39. The molecule has 1 unspecified atom stereocenters. The molecule has 0 aliphatic rings. The molecule has 1 atom stereocenters. The zero-order valence-corrected chi connectivity index (χ0v) is 12.2. The highest BCUT2D eigenvalue weighted by Crippen LogP contribution is 2.18. The normalized spacial score (nSPS) is 12.0. The van der Waals surface area contributed by atoms with Crippen LogP contribution >= 0.6 is 0 Å². The summed E-state index contributed by atoms with van der Waals surface area (Å²) in [7, 11) is -0.0686. The molecule has 0 radical (unpaired) electrons. The molecule has 110 valence electrons. The quantitative estimate of drug-likeness (QED) is 0.793. The maximum Gasteiger partial charge on any atom is 0.492 e. The first-order valence-electron chi connectivity index (χ1n) is 6.81. The van der Waals surface area contributed by atoms with Gasteiger partial charge in [-0.2, -0.15) is 0 Å². The Labute approximate surface area is 125 Å². The van der Waals surface area contributed by atoms with Gasteiger partial charge in [0.15, 0.2) is 0 Å². The van der Waals surface area contributed by atoms with Crippen LogP contribution in [0.4, 0.5) is 0 Å². The third-order valence-electron chi connectivity index (χ3n) is 3.34. The standard InChI is InChI=1S/C16H19BO4/c1-12(14-6-4-3-5-7-14)21-11-13-8-9-16(20-2)15(10-13)17(18)19/h3-10,12,18-19H,11H2,1-2H3. The molecule has 2 aromatic rings. The molecule has 0 saturated carbocycles. The summed E-state index contributed by atoms with van der Waals surface area (Å²) in [5.41, 5.74) is 2.31. The predicted octanol–water partition coefficient (Wildman–Crippen LogP) is 1.65. The van der Waals surface area contributed by atoms with E-state index in [2.05, 4.69) is 0 Å². The molecule has 0 heterocycles. The second-order valence-corrected chi connectivity index (χ2v) is 4.81. The van der Waals surface area contributed by atoms with Crippen LogP contribution in [-0.4, -0.2) is 24.3 Å². The average molecular weight is 286 g/mol. The summed E-state index contributed by atoms with van der Waals surface area (Å²) in [6, 6.07) is 15.2. The topological polar surface area (TPSA) is 58.9 Å². The van der Waals surface area contributed by atoms with Gasteiger partial charge >= 0.3 is 7.12 Å². The number of hydrogen-bond donors (Lipinski definition) is 2. The number of benzene rings is 2. The van der Waals surface area contributed by atoms with Crippen molar-refractivity contribution in [3.63, 3.8) is 0 Å². The number of rotatable bonds is 6. The van der Waals surface area contributed by atoms with Crippen molar-refractivity contribution >= 4 is 12.6 Å². The van der Waals surface area contributed by atoms with E-state index in [0.717, 1.165) is 11.1 Å². The molecular formula is C16H19BO4. The van der Waals surface area contributed by atoms with Crippen molar-refractivity contribution in [3.8, 4) is 5.75 Å². The van der Waals surface area contributed by atoms with Gasteiger partial charge in [0.05, 0.1) is 19.8 Å². The van der Waals surface area contributed by atoms with E-state index in [-0.39, 0.29) is 6.10 Å². The van der Waals surface area contributed by atoms with Crippen LogP contribution in [0.15, 0.2) is 48.5 Å². The van der Waals surface area contributed by atoms with Crippen LogP contribution in [0.5, 0.6) is 5.75 Å². The first kappa shape index (κ1) is 15.6. The van der Waals surface area contributed by atoms with Gasteiger partial charge in [-0.3, -0.25) is 0 Å². The first-order chi connectivity index (χ1) is 10.1. The molecule has 2 aromatic carbocycles. The molecule has 0 aromatic heterocycles. The lowest BCUT2D eigenvalue weighted by Gasteiger charge is -2.15. The third-order valence-corrected chi connectivity index (χ3v) is 3.34. The summed E-state index contributed by atoms with van der Waals surface area (Å²) in [4.78, 5) is 0. The smallest absolute Gasteiger partial charge is 0.492 e. The van der Waals surface area contributed by atoms with Gasteiger partial charge in [0.25, 0.3) is 0 Å². The summed E-state index contributed by atoms with van der Waals surface area (Å²) in [5.74, 6) is 0.449. The molecular weight excluding hydrogens is 267 g/mol. The molecule has 2 rings (SSSR count). The van der Waals surface area contributed by atoms with Gasteiger partial charge in [-0.05, 0) is 24.1 Å². The summed E-state index contributed by atoms with van der Waals surface area (Å²) in [6.07, 6.45) is -0.0317. The fourth-order valence-electron chi connectivity index (χ4n) is 2.12. The van der Waals surface area contributed by atoms with Gasteiger partial charge in [0.2, 0.25) is 0 Å². The molecule has 0 aliphatic heterocycles. The van der Waals surface area contributed by atoms with Crippen LogP contribution in [0.2, 0.25) is 0 Å². The zero-order valence-electron chi connectivity index (χ0n) is 12.2. The van der Waals surface area contributed by atoms with E-state index < -0.39 is 7.12 Å². The van der Waals surface area contributed by atoms with E-state index >= 15 is 0 Å². The fourth-order valence-corrected chi connectivity index (χ4v) is 2.12. The van der Waals surface area contributed by atoms with E-state index in [0.29, 0.717) is 17.8 Å². The number of methoxy groups -OCH3 is 1. The largest absolute Gasteiger partial charge is 0.497 e. The summed E-state index contributed by atoms with van der Waals surface area (Å²) < 4.78 is 10.9. The highest BCUT2D eigenvalue weighted by atomic mass is 16.5. The lowest BCUT2D eigenvalue weighted by Crippen LogP contribution is -2.31. The monoisotopic (exact) mass is 286 g/mol. The van der Waals surface area contributed by atoms with Crippen LogP contribution in [0, 0.1) is 0 Å². The molecule has 0 bridgehead atoms. The molecule has 2 N–H and O–H groups in total. The highest BCUT2D eigenvalue weighted by molar-refractivity contribution is 6.59.